The van der Waals surface area contributed by atoms with Crippen LogP contribution in [0.25, 0.3) is 0 Å². The highest BCUT2D eigenvalue weighted by Gasteiger charge is 2.20. The predicted molar refractivity (Wildman–Crippen MR) is 31.1 cm³/mol. The van der Waals surface area contributed by atoms with Crippen LogP contribution in [0.4, 0.5) is 0 Å². The van der Waals surface area contributed by atoms with E-state index in [1.54, 1.807) is 0 Å². The molecule has 0 bridgehead atoms. The lowest BCUT2D eigenvalue weighted by atomic mass is 10.0. The van der Waals surface area contributed by atoms with Crippen LogP contribution in [-0.2, 0) is 4.79 Å². The standard InChI is InChI=1S/C7H7O/c1-6(8)7-4-2-3-5-7/h2-5H,1H3/i2D,3D,4D,5D. The number of ketones is 1. The predicted octanol–water partition coefficient (Wildman–Crippen LogP) is 0.981. The van der Waals surface area contributed by atoms with Gasteiger partial charge in [0.2, 0.25) is 0 Å². The van der Waals surface area contributed by atoms with E-state index in [1.807, 2.05) is 0 Å². The van der Waals surface area contributed by atoms with E-state index in [9.17, 15) is 4.79 Å². The van der Waals surface area contributed by atoms with Crippen LogP contribution < -0.4 is 0 Å². The number of rotatable bonds is 1. The lowest BCUT2D eigenvalue weighted by molar-refractivity contribution is -0.114. The largest absolute Gasteiger partial charge is 0.299 e. The van der Waals surface area contributed by atoms with Gasteiger partial charge < -0.3 is 0 Å². The van der Waals surface area contributed by atoms with Crippen molar-refractivity contribution in [3.63, 3.8) is 0 Å². The third kappa shape index (κ3) is 1.09. The molecule has 5 radical (unpaired) electrons. The number of carbonyl (C=O) groups is 1. The van der Waals surface area contributed by atoms with Gasteiger partial charge in [0.05, 0.1) is 0 Å². The number of carbonyl (C=O) groups excluding carboxylic acids is 1. The van der Waals surface area contributed by atoms with Gasteiger partial charge in [-0.1, -0.05) is 0 Å². The summed E-state index contributed by atoms with van der Waals surface area (Å²) in [5.74, 6) is -0.554. The summed E-state index contributed by atoms with van der Waals surface area (Å²) in [4.78, 5) is 10.8. The Morgan fingerprint density at radius 2 is 2.12 bits per heavy atom. The molecule has 0 saturated heterocycles. The van der Waals surface area contributed by atoms with Crippen molar-refractivity contribution in [1.82, 2.24) is 0 Å². The molecule has 1 aliphatic carbocycles. The van der Waals surface area contributed by atoms with Gasteiger partial charge >= 0.3 is 0 Å². The summed E-state index contributed by atoms with van der Waals surface area (Å²) in [5, 5.41) is 0. The Labute approximate surface area is 55.7 Å². The van der Waals surface area contributed by atoms with Crippen LogP contribution in [0.15, 0.2) is 0 Å². The van der Waals surface area contributed by atoms with E-state index in [4.69, 9.17) is 5.48 Å². The summed E-state index contributed by atoms with van der Waals surface area (Å²) in [5.41, 5.74) is 0. The number of Topliss-reactive ketones (excluding diaryl/α,β-unsaturated/α-hetero) is 1. The minimum atomic E-state index is -0.433. The Morgan fingerprint density at radius 1 is 1.62 bits per heavy atom. The molecule has 41 valence electrons. The van der Waals surface area contributed by atoms with Gasteiger partial charge in [0.25, 0.3) is 0 Å². The number of hydrogen-bond donors (Lipinski definition) is 0. The van der Waals surface area contributed by atoms with Crippen LogP contribution in [-0.4, -0.2) is 5.78 Å². The van der Waals surface area contributed by atoms with Gasteiger partial charge in [0, 0.05) is 11.4 Å². The average molecular weight is 111 g/mol. The van der Waals surface area contributed by atoms with E-state index in [-0.39, 0.29) is 31.5 Å². The first-order valence-corrected chi connectivity index (χ1v) is 2.20. The smallest absolute Gasteiger partial charge is 0.137 e. The van der Waals surface area contributed by atoms with E-state index in [2.05, 4.69) is 0 Å². The second-order valence-electron chi connectivity index (χ2n) is 1.43. The molecule has 0 aromatic heterocycles. The van der Waals surface area contributed by atoms with Crippen molar-refractivity contribution in [2.45, 2.75) is 6.92 Å². The second-order valence-corrected chi connectivity index (χ2v) is 1.43. The maximum atomic E-state index is 10.8. The normalized spacial score (nSPS) is 38.6. The van der Waals surface area contributed by atoms with E-state index in [0.717, 1.165) is 0 Å². The molecule has 1 fully saturated rings. The molecule has 0 heterocycles. The summed E-state index contributed by atoms with van der Waals surface area (Å²) in [7, 11) is 0. The third-order valence-electron chi connectivity index (χ3n) is 0.790. The summed E-state index contributed by atoms with van der Waals surface area (Å²) in [6, 6.07) is 0. The lowest BCUT2D eigenvalue weighted by Crippen LogP contribution is -2.02. The second kappa shape index (κ2) is 2.29. The van der Waals surface area contributed by atoms with Crippen molar-refractivity contribution in [3.05, 3.63) is 31.5 Å². The maximum absolute atomic E-state index is 10.8. The Bertz CT molecular complexity index is 182. The molecule has 1 heteroatoms. The molecule has 0 amide bonds. The van der Waals surface area contributed by atoms with Gasteiger partial charge in [-0.25, -0.2) is 0 Å². The van der Waals surface area contributed by atoms with Gasteiger partial charge in [-0.2, -0.15) is 0 Å². The zero-order chi connectivity index (χ0) is 9.46. The Kier molecular flexibility index (Phi) is 0.718. The Hall–Kier alpha value is -0.330. The van der Waals surface area contributed by atoms with Crippen LogP contribution >= 0.6 is 0 Å². The Morgan fingerprint density at radius 3 is 2.38 bits per heavy atom. The molecule has 0 N–H and O–H groups in total. The maximum Gasteiger partial charge on any atom is 0.137 e. The zero-order valence-electron chi connectivity index (χ0n) is 8.41. The molecule has 1 saturated carbocycles. The van der Waals surface area contributed by atoms with Crippen molar-refractivity contribution in [2.75, 3.05) is 0 Å². The highest BCUT2D eigenvalue weighted by atomic mass is 16.1. The van der Waals surface area contributed by atoms with Crippen LogP contribution in [0.5, 0.6) is 0 Å². The highest BCUT2D eigenvalue weighted by Crippen LogP contribution is 2.22. The Balaban J connectivity index is 2.83. The van der Waals surface area contributed by atoms with Crippen molar-refractivity contribution in [3.8, 4) is 0 Å². The van der Waals surface area contributed by atoms with Crippen molar-refractivity contribution in [2.24, 2.45) is 0 Å². The lowest BCUT2D eigenvalue weighted by Gasteiger charge is -1.97. The van der Waals surface area contributed by atoms with Gasteiger partial charge in [-0.15, -0.1) is 0 Å². The van der Waals surface area contributed by atoms with E-state index >= 15 is 0 Å². The quantitative estimate of drug-likeness (QED) is 0.493. The molecule has 0 spiro atoms. The first-order valence-electron chi connectivity index (χ1n) is 4.20. The van der Waals surface area contributed by atoms with E-state index in [0.29, 0.717) is 0 Å². The SMILES string of the molecule is [2H][C]1[C]([2H])[C]([2H])[C](C(C)=O)[C]1[2H]. The van der Waals surface area contributed by atoms with Gasteiger partial charge in [-0.05, 0) is 32.5 Å². The van der Waals surface area contributed by atoms with E-state index in [1.165, 1.54) is 6.92 Å². The molecular formula is C7H7O. The summed E-state index contributed by atoms with van der Waals surface area (Å²) < 4.78 is 28.8. The highest BCUT2D eigenvalue weighted by molar-refractivity contribution is 5.95. The fourth-order valence-corrected chi connectivity index (χ4v) is 0.395. The molecule has 0 unspecified atom stereocenters. The van der Waals surface area contributed by atoms with Crippen LogP contribution in [0.3, 0.4) is 0 Å². The monoisotopic (exact) mass is 111 g/mol. The van der Waals surface area contributed by atoms with Crippen molar-refractivity contribution >= 4 is 5.78 Å². The molecule has 1 nitrogen and oxygen atoms in total. The first-order chi connectivity index (χ1) is 5.46. The third-order valence-corrected chi connectivity index (χ3v) is 0.790. The molecule has 1 rings (SSSR count). The summed E-state index contributed by atoms with van der Waals surface area (Å²) >= 11 is 0. The van der Waals surface area contributed by atoms with Gasteiger partial charge in [-0.3, -0.25) is 4.79 Å². The van der Waals surface area contributed by atoms with Gasteiger partial charge in [0.15, 0.2) is 0 Å². The molecule has 0 aromatic rings. The van der Waals surface area contributed by atoms with Gasteiger partial charge in [0.1, 0.15) is 5.78 Å². The number of hydrogen-bond acceptors (Lipinski definition) is 1. The van der Waals surface area contributed by atoms with Crippen molar-refractivity contribution < 1.29 is 10.3 Å². The van der Waals surface area contributed by atoms with Crippen LogP contribution in [0.1, 0.15) is 12.4 Å². The molecule has 0 aromatic carbocycles. The molecular weight excluding hydrogens is 100 g/mol. The molecule has 0 atom stereocenters. The van der Waals surface area contributed by atoms with Crippen LogP contribution in [0.2, 0.25) is 0 Å². The van der Waals surface area contributed by atoms with E-state index < -0.39 is 5.78 Å². The van der Waals surface area contributed by atoms with Crippen LogP contribution in [0, 0.1) is 31.5 Å². The fraction of sp³-hybridized carbons (Fsp3) is 0.143. The summed E-state index contributed by atoms with van der Waals surface area (Å²) in [6.45, 7) is 1.23. The average Bonchev–Trinajstić information content (AvgIpc) is 2.16. The minimum Gasteiger partial charge on any atom is -0.299 e. The molecule has 1 aliphatic rings. The topological polar surface area (TPSA) is 17.1 Å². The molecule has 0 aliphatic heterocycles. The zero-order valence-corrected chi connectivity index (χ0v) is 4.41. The van der Waals surface area contributed by atoms with Crippen molar-refractivity contribution in [1.29, 1.82) is 0 Å². The first kappa shape index (κ1) is 2.51. The minimum absolute atomic E-state index is 0.120. The molecule has 8 heavy (non-hydrogen) atoms. The fourth-order valence-electron chi connectivity index (χ4n) is 0.395. The summed E-state index contributed by atoms with van der Waals surface area (Å²) in [6.07, 6.45) is -1.30.